The quantitative estimate of drug-likeness (QED) is 0.783. The fourth-order valence-electron chi connectivity index (χ4n) is 2.70. The van der Waals surface area contributed by atoms with Crippen LogP contribution in [0.25, 0.3) is 22.2 Å². The molecule has 4 nitrogen and oxygen atoms in total. The fraction of sp³-hybridized carbons (Fsp3) is 0.176. The molecule has 3 rings (SSSR count). The van der Waals surface area contributed by atoms with Crippen LogP contribution < -0.4 is 5.73 Å². The molecule has 110 valence electrons. The van der Waals surface area contributed by atoms with Gasteiger partial charge in [0.15, 0.2) is 0 Å². The average Bonchev–Trinajstić information content (AvgIpc) is 2.79. The second-order valence-electron chi connectivity index (χ2n) is 5.35. The van der Waals surface area contributed by atoms with E-state index in [4.69, 9.17) is 17.3 Å². The van der Waals surface area contributed by atoms with E-state index in [9.17, 15) is 5.26 Å². The normalized spacial score (nSPS) is 12.3. The summed E-state index contributed by atoms with van der Waals surface area (Å²) in [4.78, 5) is 4.26. The number of nitrogens with two attached hydrogens (primary N) is 1. The summed E-state index contributed by atoms with van der Waals surface area (Å²) in [6.45, 7) is 1.91. The van der Waals surface area contributed by atoms with Gasteiger partial charge in [0.05, 0.1) is 16.8 Å². The molecule has 0 saturated heterocycles. The minimum absolute atomic E-state index is 0.109. The summed E-state index contributed by atoms with van der Waals surface area (Å²) in [6.07, 6.45) is 3.50. The van der Waals surface area contributed by atoms with E-state index in [1.54, 1.807) is 18.5 Å². The summed E-state index contributed by atoms with van der Waals surface area (Å²) in [7, 11) is 1.92. The summed E-state index contributed by atoms with van der Waals surface area (Å²) in [5, 5.41) is 11.1. The highest BCUT2D eigenvalue weighted by atomic mass is 35.5. The third-order valence-corrected chi connectivity index (χ3v) is 4.07. The van der Waals surface area contributed by atoms with Gasteiger partial charge < -0.3 is 10.3 Å². The highest BCUT2D eigenvalue weighted by molar-refractivity contribution is 6.31. The Kier molecular flexibility index (Phi) is 3.61. The molecule has 1 unspecified atom stereocenters. The lowest BCUT2D eigenvalue weighted by Crippen LogP contribution is -2.05. The Morgan fingerprint density at radius 2 is 2.09 bits per heavy atom. The molecule has 2 N–H and O–H groups in total. The summed E-state index contributed by atoms with van der Waals surface area (Å²) in [6, 6.07) is 9.71. The van der Waals surface area contributed by atoms with Crippen molar-refractivity contribution in [2.45, 2.75) is 13.0 Å². The summed E-state index contributed by atoms with van der Waals surface area (Å²) >= 11 is 6.08. The lowest BCUT2D eigenvalue weighted by atomic mass is 10.0. The number of hydrogen-bond acceptors (Lipinski definition) is 3. The zero-order chi connectivity index (χ0) is 15.9. The number of nitrogens with zero attached hydrogens (tertiary/aromatic N) is 3. The van der Waals surface area contributed by atoms with Crippen LogP contribution in [0.15, 0.2) is 36.7 Å². The molecule has 0 aliphatic carbocycles. The highest BCUT2D eigenvalue weighted by Crippen LogP contribution is 2.34. The Morgan fingerprint density at radius 3 is 2.77 bits per heavy atom. The molecule has 2 heterocycles. The van der Waals surface area contributed by atoms with Crippen molar-refractivity contribution < 1.29 is 0 Å². The van der Waals surface area contributed by atoms with Crippen LogP contribution in [0.3, 0.4) is 0 Å². The fourth-order valence-corrected chi connectivity index (χ4v) is 2.86. The van der Waals surface area contributed by atoms with Crippen LogP contribution in [0, 0.1) is 11.3 Å². The minimum atomic E-state index is -0.109. The van der Waals surface area contributed by atoms with Crippen LogP contribution in [0.1, 0.15) is 24.1 Å². The van der Waals surface area contributed by atoms with Crippen molar-refractivity contribution in [3.63, 3.8) is 0 Å². The Morgan fingerprint density at radius 1 is 1.32 bits per heavy atom. The number of aromatic nitrogens is 2. The van der Waals surface area contributed by atoms with Crippen LogP contribution in [0.2, 0.25) is 5.02 Å². The number of pyridine rings is 1. The summed E-state index contributed by atoms with van der Waals surface area (Å²) < 4.78 is 1.97. The number of nitriles is 1. The second-order valence-corrected chi connectivity index (χ2v) is 5.79. The van der Waals surface area contributed by atoms with Gasteiger partial charge in [0.2, 0.25) is 0 Å². The number of rotatable bonds is 2. The lowest BCUT2D eigenvalue weighted by molar-refractivity contribution is 0.811. The lowest BCUT2D eigenvalue weighted by Gasteiger charge is -2.09. The molecule has 0 fully saturated rings. The average molecular weight is 311 g/mol. The number of benzene rings is 1. The van der Waals surface area contributed by atoms with Gasteiger partial charge in [-0.05, 0) is 36.8 Å². The Bertz CT molecular complexity index is 903. The number of fused-ring (bicyclic) bond motifs is 1. The monoisotopic (exact) mass is 310 g/mol. The SMILES string of the molecule is CC(N)c1cncc(-c2c(C#N)c3ccc(Cl)cc3n2C)c1. The van der Waals surface area contributed by atoms with Crippen LogP contribution >= 0.6 is 11.6 Å². The van der Waals surface area contributed by atoms with E-state index in [1.165, 1.54) is 0 Å². The van der Waals surface area contributed by atoms with Crippen LogP contribution in [0.5, 0.6) is 0 Å². The van der Waals surface area contributed by atoms with Gasteiger partial charge in [0.25, 0.3) is 0 Å². The maximum absolute atomic E-state index is 9.60. The van der Waals surface area contributed by atoms with E-state index in [1.807, 2.05) is 36.7 Å². The van der Waals surface area contributed by atoms with Gasteiger partial charge in [-0.3, -0.25) is 4.98 Å². The van der Waals surface area contributed by atoms with Crippen molar-refractivity contribution in [2.24, 2.45) is 12.8 Å². The maximum Gasteiger partial charge on any atom is 0.102 e. The second kappa shape index (κ2) is 5.45. The first-order chi connectivity index (χ1) is 10.5. The third kappa shape index (κ3) is 2.25. The predicted octanol–water partition coefficient (Wildman–Crippen LogP) is 3.79. The van der Waals surface area contributed by atoms with Crippen LogP contribution in [0.4, 0.5) is 0 Å². The molecule has 0 aliphatic heterocycles. The molecule has 1 aromatic carbocycles. The van der Waals surface area contributed by atoms with Crippen LogP contribution in [-0.4, -0.2) is 9.55 Å². The molecule has 0 bridgehead atoms. The molecule has 22 heavy (non-hydrogen) atoms. The first-order valence-electron chi connectivity index (χ1n) is 6.92. The van der Waals surface area contributed by atoms with E-state index >= 15 is 0 Å². The van der Waals surface area contributed by atoms with Gasteiger partial charge in [-0.2, -0.15) is 5.26 Å². The van der Waals surface area contributed by atoms with Crippen molar-refractivity contribution in [1.82, 2.24) is 9.55 Å². The first-order valence-corrected chi connectivity index (χ1v) is 7.29. The molecular formula is C17H15ClN4. The van der Waals surface area contributed by atoms with E-state index in [2.05, 4.69) is 11.1 Å². The Labute approximate surface area is 133 Å². The smallest absolute Gasteiger partial charge is 0.102 e. The molecule has 5 heteroatoms. The molecule has 0 aliphatic rings. The first kappa shape index (κ1) is 14.6. The summed E-state index contributed by atoms with van der Waals surface area (Å²) in [5.41, 5.74) is 10.1. The van der Waals surface area contributed by atoms with Crippen LogP contribution in [-0.2, 0) is 7.05 Å². The molecule has 3 aromatic rings. The molecule has 1 atom stereocenters. The van der Waals surface area contributed by atoms with Crippen molar-refractivity contribution in [1.29, 1.82) is 5.26 Å². The maximum atomic E-state index is 9.60. The largest absolute Gasteiger partial charge is 0.342 e. The predicted molar refractivity (Wildman–Crippen MR) is 88.5 cm³/mol. The number of aryl methyl sites for hydroxylation is 1. The van der Waals surface area contributed by atoms with E-state index < -0.39 is 0 Å². The molecule has 0 saturated carbocycles. The van der Waals surface area contributed by atoms with E-state index in [0.29, 0.717) is 10.6 Å². The summed E-state index contributed by atoms with van der Waals surface area (Å²) in [5.74, 6) is 0. The van der Waals surface area contributed by atoms with Gasteiger partial charge in [-0.25, -0.2) is 0 Å². The minimum Gasteiger partial charge on any atom is -0.342 e. The van der Waals surface area contributed by atoms with E-state index in [0.717, 1.165) is 27.7 Å². The van der Waals surface area contributed by atoms with Gasteiger partial charge in [-0.15, -0.1) is 0 Å². The molecular weight excluding hydrogens is 296 g/mol. The molecule has 2 aromatic heterocycles. The van der Waals surface area contributed by atoms with Gasteiger partial charge in [0, 0.05) is 41.5 Å². The molecule has 0 radical (unpaired) electrons. The standard InChI is InChI=1S/C17H15ClN4/c1-10(20)11-5-12(9-21-8-11)17-15(7-19)14-4-3-13(18)6-16(14)22(17)2/h3-6,8-10H,20H2,1-2H3. The zero-order valence-electron chi connectivity index (χ0n) is 12.3. The van der Waals surface area contributed by atoms with E-state index in [-0.39, 0.29) is 6.04 Å². The van der Waals surface area contributed by atoms with Gasteiger partial charge in [-0.1, -0.05) is 11.6 Å². The third-order valence-electron chi connectivity index (χ3n) is 3.83. The highest BCUT2D eigenvalue weighted by Gasteiger charge is 2.17. The number of hydrogen-bond donors (Lipinski definition) is 1. The van der Waals surface area contributed by atoms with Crippen molar-refractivity contribution in [3.05, 3.63) is 52.8 Å². The van der Waals surface area contributed by atoms with Gasteiger partial charge >= 0.3 is 0 Å². The van der Waals surface area contributed by atoms with Crippen molar-refractivity contribution in [3.8, 4) is 17.3 Å². The topological polar surface area (TPSA) is 67.6 Å². The van der Waals surface area contributed by atoms with Gasteiger partial charge in [0.1, 0.15) is 6.07 Å². The molecule has 0 spiro atoms. The number of halogens is 1. The Hall–Kier alpha value is -2.35. The van der Waals surface area contributed by atoms with Crippen molar-refractivity contribution in [2.75, 3.05) is 0 Å². The zero-order valence-corrected chi connectivity index (χ0v) is 13.1. The Balaban J connectivity index is 2.34. The van der Waals surface area contributed by atoms with Crippen molar-refractivity contribution >= 4 is 22.5 Å². The molecule has 0 amide bonds.